The van der Waals surface area contributed by atoms with Gasteiger partial charge in [0.2, 0.25) is 5.89 Å². The number of aromatic nitrogens is 4. The minimum Gasteiger partial charge on any atom is -0.376 e. The van der Waals surface area contributed by atoms with E-state index < -0.39 is 0 Å². The highest BCUT2D eigenvalue weighted by atomic mass is 32.2. The zero-order chi connectivity index (χ0) is 20.2. The first-order valence-electron chi connectivity index (χ1n) is 10.3. The maximum Gasteiger partial charge on any atom is 0.262 e. The van der Waals surface area contributed by atoms with Crippen LogP contribution in [0.25, 0.3) is 10.9 Å². The van der Waals surface area contributed by atoms with E-state index in [2.05, 4.69) is 17.1 Å². The average molecular weight is 415 g/mol. The van der Waals surface area contributed by atoms with Gasteiger partial charge in [-0.1, -0.05) is 42.4 Å². The lowest BCUT2D eigenvalue weighted by Crippen LogP contribution is -2.29. The van der Waals surface area contributed by atoms with E-state index in [0.717, 1.165) is 44.5 Å². The van der Waals surface area contributed by atoms with E-state index in [1.165, 1.54) is 11.8 Å². The zero-order valence-corrected chi connectivity index (χ0v) is 17.7. The van der Waals surface area contributed by atoms with Gasteiger partial charge in [0.1, 0.15) is 0 Å². The van der Waals surface area contributed by atoms with Crippen molar-refractivity contribution < 1.29 is 9.26 Å². The molecule has 1 saturated heterocycles. The summed E-state index contributed by atoms with van der Waals surface area (Å²) in [6.07, 6.45) is 4.98. The van der Waals surface area contributed by atoms with Crippen LogP contribution in [0.4, 0.5) is 0 Å². The standard InChI is InChI=1S/C21H26N4O3S/c1-3-4-11-18-23-19(28-24-18)14(2)29-21-22-17-10-6-5-9-16(17)20(26)25(21)13-15-8-7-12-27-15/h5-6,9-10,14-15H,3-4,7-8,11-13H2,1-2H3/t14-,15+/m1/s1. The van der Waals surface area contributed by atoms with Crippen molar-refractivity contribution in [1.82, 2.24) is 19.7 Å². The van der Waals surface area contributed by atoms with E-state index in [0.29, 0.717) is 28.5 Å². The Morgan fingerprint density at radius 2 is 2.17 bits per heavy atom. The van der Waals surface area contributed by atoms with E-state index in [-0.39, 0.29) is 16.9 Å². The summed E-state index contributed by atoms with van der Waals surface area (Å²) in [6, 6.07) is 7.46. The molecule has 0 bridgehead atoms. The number of para-hydroxylation sites is 1. The first kappa shape index (κ1) is 20.1. The monoisotopic (exact) mass is 414 g/mol. The molecule has 1 aliphatic heterocycles. The number of thioether (sulfide) groups is 1. The van der Waals surface area contributed by atoms with E-state index >= 15 is 0 Å². The number of hydrogen-bond donors (Lipinski definition) is 0. The highest BCUT2D eigenvalue weighted by molar-refractivity contribution is 7.99. The molecule has 1 aliphatic rings. The third kappa shape index (κ3) is 4.53. The first-order valence-corrected chi connectivity index (χ1v) is 11.1. The van der Waals surface area contributed by atoms with E-state index in [4.69, 9.17) is 14.2 Å². The number of benzene rings is 1. The van der Waals surface area contributed by atoms with Crippen LogP contribution in [0, 0.1) is 0 Å². The van der Waals surface area contributed by atoms with Crippen LogP contribution in [0.2, 0.25) is 0 Å². The predicted molar refractivity (Wildman–Crippen MR) is 112 cm³/mol. The molecule has 3 heterocycles. The number of ether oxygens (including phenoxy) is 1. The quantitative estimate of drug-likeness (QED) is 0.404. The second-order valence-corrected chi connectivity index (χ2v) is 8.68. The molecule has 0 amide bonds. The molecule has 0 aliphatic carbocycles. The summed E-state index contributed by atoms with van der Waals surface area (Å²) in [5.41, 5.74) is 0.667. The summed E-state index contributed by atoms with van der Waals surface area (Å²) < 4.78 is 13.0. The SMILES string of the molecule is CCCCc1noc([C@@H](C)Sc2nc3ccccc3c(=O)n2C[C@@H]2CCCO2)n1. The summed E-state index contributed by atoms with van der Waals surface area (Å²) in [4.78, 5) is 22.5. The number of aryl methyl sites for hydroxylation is 1. The van der Waals surface area contributed by atoms with E-state index in [9.17, 15) is 4.79 Å². The second kappa shape index (κ2) is 9.09. The number of unbranched alkanes of at least 4 members (excludes halogenated alkanes) is 1. The molecule has 154 valence electrons. The fourth-order valence-corrected chi connectivity index (χ4v) is 4.42. The van der Waals surface area contributed by atoms with Crippen molar-refractivity contribution in [2.75, 3.05) is 6.61 Å². The van der Waals surface area contributed by atoms with Crippen LogP contribution in [0.1, 0.15) is 56.5 Å². The lowest BCUT2D eigenvalue weighted by atomic mass is 10.2. The molecule has 0 saturated carbocycles. The summed E-state index contributed by atoms with van der Waals surface area (Å²) in [5.74, 6) is 1.30. The summed E-state index contributed by atoms with van der Waals surface area (Å²) >= 11 is 1.47. The number of hydrogen-bond acceptors (Lipinski definition) is 7. The van der Waals surface area contributed by atoms with Gasteiger partial charge in [-0.25, -0.2) is 4.98 Å². The minimum atomic E-state index is -0.110. The van der Waals surface area contributed by atoms with Crippen molar-refractivity contribution in [3.8, 4) is 0 Å². The topological polar surface area (TPSA) is 83.0 Å². The molecule has 29 heavy (non-hydrogen) atoms. The summed E-state index contributed by atoms with van der Waals surface area (Å²) in [5, 5.41) is 5.26. The molecule has 1 aromatic carbocycles. The number of rotatable bonds is 8. The van der Waals surface area contributed by atoms with Crippen molar-refractivity contribution in [3.05, 3.63) is 46.3 Å². The van der Waals surface area contributed by atoms with Crippen molar-refractivity contribution in [3.63, 3.8) is 0 Å². The van der Waals surface area contributed by atoms with Crippen LogP contribution in [0.5, 0.6) is 0 Å². The molecule has 8 heteroatoms. The van der Waals surface area contributed by atoms with Gasteiger partial charge in [0.15, 0.2) is 11.0 Å². The van der Waals surface area contributed by atoms with Gasteiger partial charge in [-0.15, -0.1) is 0 Å². The molecule has 0 unspecified atom stereocenters. The van der Waals surface area contributed by atoms with Gasteiger partial charge in [0.25, 0.3) is 5.56 Å². The summed E-state index contributed by atoms with van der Waals surface area (Å²) in [7, 11) is 0. The Bertz CT molecular complexity index is 1030. The van der Waals surface area contributed by atoms with Crippen LogP contribution >= 0.6 is 11.8 Å². The fourth-order valence-electron chi connectivity index (χ4n) is 3.47. The molecule has 4 rings (SSSR count). The van der Waals surface area contributed by atoms with Gasteiger partial charge >= 0.3 is 0 Å². The Kier molecular flexibility index (Phi) is 6.30. The normalized spacial score (nSPS) is 17.8. The third-order valence-corrected chi connectivity index (χ3v) is 6.18. The van der Waals surface area contributed by atoms with E-state index in [1.807, 2.05) is 31.2 Å². The van der Waals surface area contributed by atoms with Crippen LogP contribution in [0.3, 0.4) is 0 Å². The van der Waals surface area contributed by atoms with Gasteiger partial charge in [0, 0.05) is 13.0 Å². The third-order valence-electron chi connectivity index (χ3n) is 5.10. The molecule has 0 radical (unpaired) electrons. The Morgan fingerprint density at radius 1 is 1.31 bits per heavy atom. The maximum atomic E-state index is 13.2. The molecule has 1 fully saturated rings. The van der Waals surface area contributed by atoms with E-state index in [1.54, 1.807) is 4.57 Å². The van der Waals surface area contributed by atoms with Crippen molar-refractivity contribution in [2.24, 2.45) is 0 Å². The second-order valence-electron chi connectivity index (χ2n) is 7.37. The Hall–Kier alpha value is -2.19. The molecular weight excluding hydrogens is 388 g/mol. The molecule has 7 nitrogen and oxygen atoms in total. The molecule has 0 N–H and O–H groups in total. The highest BCUT2D eigenvalue weighted by Gasteiger charge is 2.23. The largest absolute Gasteiger partial charge is 0.376 e. The lowest BCUT2D eigenvalue weighted by Gasteiger charge is -2.17. The van der Waals surface area contributed by atoms with Crippen LogP contribution in [0.15, 0.2) is 38.7 Å². The summed E-state index contributed by atoms with van der Waals surface area (Å²) in [6.45, 7) is 5.40. The van der Waals surface area contributed by atoms with Gasteiger partial charge in [-0.3, -0.25) is 9.36 Å². The van der Waals surface area contributed by atoms with Crippen molar-refractivity contribution in [1.29, 1.82) is 0 Å². The van der Waals surface area contributed by atoms with Crippen LogP contribution in [-0.4, -0.2) is 32.4 Å². The molecule has 3 aromatic rings. The van der Waals surface area contributed by atoms with Gasteiger partial charge in [-0.05, 0) is 38.3 Å². The Labute approximate surface area is 173 Å². The van der Waals surface area contributed by atoms with Gasteiger partial charge < -0.3 is 9.26 Å². The highest BCUT2D eigenvalue weighted by Crippen LogP contribution is 2.33. The average Bonchev–Trinajstić information content (AvgIpc) is 3.41. The molecular formula is C21H26N4O3S. The van der Waals surface area contributed by atoms with Gasteiger partial charge in [-0.2, -0.15) is 4.98 Å². The maximum absolute atomic E-state index is 13.2. The van der Waals surface area contributed by atoms with Crippen molar-refractivity contribution in [2.45, 2.75) is 69.0 Å². The smallest absolute Gasteiger partial charge is 0.262 e. The Morgan fingerprint density at radius 3 is 2.97 bits per heavy atom. The number of fused-ring (bicyclic) bond motifs is 1. The van der Waals surface area contributed by atoms with Crippen LogP contribution in [-0.2, 0) is 17.7 Å². The predicted octanol–water partition coefficient (Wildman–Crippen LogP) is 4.15. The number of nitrogens with zero attached hydrogens (tertiary/aromatic N) is 4. The molecule has 0 spiro atoms. The minimum absolute atomic E-state index is 0.0324. The van der Waals surface area contributed by atoms with Crippen molar-refractivity contribution >= 4 is 22.7 Å². The Balaban J connectivity index is 1.64. The van der Waals surface area contributed by atoms with Gasteiger partial charge in [0.05, 0.1) is 28.8 Å². The lowest BCUT2D eigenvalue weighted by molar-refractivity contribution is 0.0937. The zero-order valence-electron chi connectivity index (χ0n) is 16.8. The fraction of sp³-hybridized carbons (Fsp3) is 0.524. The molecule has 2 atom stereocenters. The van der Waals surface area contributed by atoms with Crippen LogP contribution < -0.4 is 5.56 Å². The first-order chi connectivity index (χ1) is 14.2. The molecule has 2 aromatic heterocycles.